The van der Waals surface area contributed by atoms with E-state index in [-0.39, 0.29) is 0 Å². The monoisotopic (exact) mass is 187 g/mol. The van der Waals surface area contributed by atoms with Crippen LogP contribution in [0.2, 0.25) is 0 Å². The van der Waals surface area contributed by atoms with Gasteiger partial charge in [0.05, 0.1) is 0 Å². The molecule has 1 heterocycles. The van der Waals surface area contributed by atoms with Gasteiger partial charge in [-0.3, -0.25) is 0 Å². The molecule has 1 aliphatic heterocycles. The van der Waals surface area contributed by atoms with Crippen LogP contribution >= 0.6 is 0 Å². The van der Waals surface area contributed by atoms with Gasteiger partial charge in [0.2, 0.25) is 0 Å². The standard InChI is InChI=1S/C13H17N/c1-9-8-10(2)12-6-4-5-7-13(12)14-11(9)3/h4-9,11,14H,1-3H3. The van der Waals surface area contributed by atoms with Crippen LogP contribution < -0.4 is 5.32 Å². The minimum absolute atomic E-state index is 0.508. The van der Waals surface area contributed by atoms with Crippen molar-refractivity contribution < 1.29 is 0 Å². The van der Waals surface area contributed by atoms with E-state index >= 15 is 0 Å². The highest BCUT2D eigenvalue weighted by Gasteiger charge is 2.16. The molecule has 0 aliphatic carbocycles. The summed E-state index contributed by atoms with van der Waals surface area (Å²) in [6.45, 7) is 6.68. The molecular weight excluding hydrogens is 170 g/mol. The van der Waals surface area contributed by atoms with Crippen LogP contribution in [0, 0.1) is 5.92 Å². The van der Waals surface area contributed by atoms with Gasteiger partial charge in [0.1, 0.15) is 0 Å². The van der Waals surface area contributed by atoms with E-state index in [0.717, 1.165) is 0 Å². The first-order valence-electron chi connectivity index (χ1n) is 5.23. The molecule has 0 saturated heterocycles. The van der Waals surface area contributed by atoms with Gasteiger partial charge in [0, 0.05) is 17.3 Å². The van der Waals surface area contributed by atoms with Gasteiger partial charge in [-0.15, -0.1) is 0 Å². The smallest absolute Gasteiger partial charge is 0.0418 e. The summed E-state index contributed by atoms with van der Waals surface area (Å²) < 4.78 is 0. The van der Waals surface area contributed by atoms with Gasteiger partial charge in [-0.05, 0) is 31.4 Å². The largest absolute Gasteiger partial charge is 0.382 e. The SMILES string of the molecule is CC1=CC(C)C(C)Nc2ccccc21. The Kier molecular flexibility index (Phi) is 2.32. The number of rotatable bonds is 0. The number of hydrogen-bond donors (Lipinski definition) is 1. The van der Waals surface area contributed by atoms with E-state index < -0.39 is 0 Å². The molecular formula is C13H17N. The lowest BCUT2D eigenvalue weighted by Crippen LogP contribution is -2.21. The van der Waals surface area contributed by atoms with Crippen molar-refractivity contribution in [2.24, 2.45) is 5.92 Å². The second-order valence-electron chi connectivity index (χ2n) is 4.19. The van der Waals surface area contributed by atoms with Gasteiger partial charge < -0.3 is 5.32 Å². The predicted octanol–water partition coefficient (Wildman–Crippen LogP) is 3.54. The predicted molar refractivity (Wildman–Crippen MR) is 62.3 cm³/mol. The Balaban J connectivity index is 2.50. The van der Waals surface area contributed by atoms with Crippen molar-refractivity contribution in [3.63, 3.8) is 0 Å². The van der Waals surface area contributed by atoms with Crippen LogP contribution in [-0.4, -0.2) is 6.04 Å². The molecule has 1 aliphatic rings. The van der Waals surface area contributed by atoms with Crippen LogP contribution in [0.25, 0.3) is 5.57 Å². The minimum Gasteiger partial charge on any atom is -0.382 e. The van der Waals surface area contributed by atoms with Gasteiger partial charge >= 0.3 is 0 Å². The number of anilines is 1. The average molecular weight is 187 g/mol. The molecule has 1 nitrogen and oxygen atoms in total. The Bertz CT molecular complexity index is 365. The Morgan fingerprint density at radius 1 is 1.14 bits per heavy atom. The zero-order valence-corrected chi connectivity index (χ0v) is 9.04. The van der Waals surface area contributed by atoms with E-state index in [0.29, 0.717) is 12.0 Å². The van der Waals surface area contributed by atoms with Crippen molar-refractivity contribution in [1.82, 2.24) is 0 Å². The van der Waals surface area contributed by atoms with Gasteiger partial charge in [0.15, 0.2) is 0 Å². The zero-order valence-electron chi connectivity index (χ0n) is 9.04. The quantitative estimate of drug-likeness (QED) is 0.655. The van der Waals surface area contributed by atoms with E-state index in [9.17, 15) is 0 Å². The highest BCUT2D eigenvalue weighted by atomic mass is 14.9. The highest BCUT2D eigenvalue weighted by molar-refractivity contribution is 5.76. The maximum atomic E-state index is 3.55. The number of benzene rings is 1. The molecule has 74 valence electrons. The Hall–Kier alpha value is -1.24. The number of allylic oxidation sites excluding steroid dienone is 1. The molecule has 0 saturated carbocycles. The molecule has 2 rings (SSSR count). The van der Waals surface area contributed by atoms with Crippen LogP contribution in [0.4, 0.5) is 5.69 Å². The second kappa shape index (κ2) is 3.49. The van der Waals surface area contributed by atoms with Gasteiger partial charge in [-0.2, -0.15) is 0 Å². The first-order valence-corrected chi connectivity index (χ1v) is 5.23. The summed E-state index contributed by atoms with van der Waals surface area (Å²) in [5, 5.41) is 3.55. The summed E-state index contributed by atoms with van der Waals surface area (Å²) in [5.74, 6) is 0.586. The van der Waals surface area contributed by atoms with Crippen molar-refractivity contribution in [1.29, 1.82) is 0 Å². The molecule has 0 amide bonds. The molecule has 1 aromatic rings. The van der Waals surface area contributed by atoms with E-state index in [1.807, 2.05) is 0 Å². The molecule has 0 bridgehead atoms. The Labute approximate surface area is 85.8 Å². The fourth-order valence-corrected chi connectivity index (χ4v) is 1.96. The topological polar surface area (TPSA) is 12.0 Å². The summed E-state index contributed by atoms with van der Waals surface area (Å²) >= 11 is 0. The first-order chi connectivity index (χ1) is 6.68. The molecule has 14 heavy (non-hydrogen) atoms. The molecule has 0 aromatic heterocycles. The van der Waals surface area contributed by atoms with Crippen LogP contribution in [0.15, 0.2) is 30.3 Å². The van der Waals surface area contributed by atoms with E-state index in [1.54, 1.807) is 0 Å². The van der Waals surface area contributed by atoms with Gasteiger partial charge in [-0.25, -0.2) is 0 Å². The molecule has 1 N–H and O–H groups in total. The van der Waals surface area contributed by atoms with Crippen molar-refractivity contribution >= 4 is 11.3 Å². The lowest BCUT2D eigenvalue weighted by molar-refractivity contribution is 0.622. The number of para-hydroxylation sites is 1. The molecule has 1 aromatic carbocycles. The van der Waals surface area contributed by atoms with Crippen molar-refractivity contribution in [2.75, 3.05) is 5.32 Å². The van der Waals surface area contributed by atoms with Gasteiger partial charge in [-0.1, -0.05) is 31.2 Å². The maximum absolute atomic E-state index is 3.55. The normalized spacial score (nSPS) is 25.8. The molecule has 2 atom stereocenters. The van der Waals surface area contributed by atoms with Crippen molar-refractivity contribution in [3.05, 3.63) is 35.9 Å². The molecule has 0 radical (unpaired) electrons. The number of fused-ring (bicyclic) bond motifs is 1. The van der Waals surface area contributed by atoms with Crippen LogP contribution in [-0.2, 0) is 0 Å². The average Bonchev–Trinajstić information content (AvgIpc) is 2.27. The fourth-order valence-electron chi connectivity index (χ4n) is 1.96. The molecule has 1 heteroatoms. The number of hydrogen-bond acceptors (Lipinski definition) is 1. The van der Waals surface area contributed by atoms with Crippen molar-refractivity contribution in [3.8, 4) is 0 Å². The number of nitrogens with one attached hydrogen (secondary N) is 1. The van der Waals surface area contributed by atoms with Crippen molar-refractivity contribution in [2.45, 2.75) is 26.8 Å². The molecule has 0 spiro atoms. The summed E-state index contributed by atoms with van der Waals surface area (Å²) in [5.41, 5.74) is 3.98. The summed E-state index contributed by atoms with van der Waals surface area (Å²) in [7, 11) is 0. The van der Waals surface area contributed by atoms with E-state index in [4.69, 9.17) is 0 Å². The minimum atomic E-state index is 0.508. The maximum Gasteiger partial charge on any atom is 0.0418 e. The zero-order chi connectivity index (χ0) is 10.1. The summed E-state index contributed by atoms with van der Waals surface area (Å²) in [4.78, 5) is 0. The van der Waals surface area contributed by atoms with Crippen LogP contribution in [0.3, 0.4) is 0 Å². The summed E-state index contributed by atoms with van der Waals surface area (Å²) in [6, 6.07) is 9.02. The third kappa shape index (κ3) is 1.54. The Morgan fingerprint density at radius 3 is 2.64 bits per heavy atom. The third-order valence-corrected chi connectivity index (χ3v) is 3.04. The highest BCUT2D eigenvalue weighted by Crippen LogP contribution is 2.29. The Morgan fingerprint density at radius 2 is 1.86 bits per heavy atom. The fraction of sp³-hybridized carbons (Fsp3) is 0.385. The van der Waals surface area contributed by atoms with Crippen LogP contribution in [0.5, 0.6) is 0 Å². The third-order valence-electron chi connectivity index (χ3n) is 3.04. The molecule has 0 fully saturated rings. The van der Waals surface area contributed by atoms with Crippen LogP contribution in [0.1, 0.15) is 26.3 Å². The lowest BCUT2D eigenvalue weighted by Gasteiger charge is -2.17. The lowest BCUT2D eigenvalue weighted by atomic mass is 10.0. The van der Waals surface area contributed by atoms with E-state index in [2.05, 4.69) is 56.4 Å². The second-order valence-corrected chi connectivity index (χ2v) is 4.19. The van der Waals surface area contributed by atoms with Gasteiger partial charge in [0.25, 0.3) is 0 Å². The first kappa shape index (κ1) is 9.32. The van der Waals surface area contributed by atoms with E-state index in [1.165, 1.54) is 16.8 Å². The molecule has 2 unspecified atom stereocenters. The summed E-state index contributed by atoms with van der Waals surface area (Å²) in [6.07, 6.45) is 2.35.